The molecule has 0 aliphatic carbocycles. The smallest absolute Gasteiger partial charge is 0.319 e. The second kappa shape index (κ2) is 12.4. The van der Waals surface area contributed by atoms with Crippen molar-refractivity contribution in [3.05, 3.63) is 101 Å². The molecule has 1 heterocycles. The lowest BCUT2D eigenvalue weighted by molar-refractivity contribution is -0.138. The van der Waals surface area contributed by atoms with Crippen molar-refractivity contribution < 1.29 is 15.0 Å². The topological polar surface area (TPSA) is 73.7 Å². The van der Waals surface area contributed by atoms with Gasteiger partial charge in [-0.25, -0.2) is 4.98 Å². The number of hydrogen-bond donors (Lipinski definition) is 2. The molecule has 4 aromatic rings. The van der Waals surface area contributed by atoms with E-state index in [4.69, 9.17) is 4.98 Å². The van der Waals surface area contributed by atoms with Crippen LogP contribution in [0.15, 0.2) is 88.6 Å². The Morgan fingerprint density at radius 2 is 1.57 bits per heavy atom. The highest BCUT2D eigenvalue weighted by Crippen LogP contribution is 2.35. The average molecular weight is 533 g/mol. The van der Waals surface area contributed by atoms with Gasteiger partial charge in [0.25, 0.3) is 0 Å². The van der Waals surface area contributed by atoms with Gasteiger partial charge in [0.1, 0.15) is 4.75 Å². The molecule has 0 aliphatic rings. The molecule has 1 aromatic heterocycles. The number of thiazole rings is 1. The molecule has 5 nitrogen and oxygen atoms in total. The van der Waals surface area contributed by atoms with Crippen LogP contribution < -0.4 is 4.90 Å². The van der Waals surface area contributed by atoms with E-state index in [1.165, 1.54) is 39.8 Å². The Morgan fingerprint density at radius 3 is 2.22 bits per heavy atom. The van der Waals surface area contributed by atoms with Crippen LogP contribution in [0.4, 0.5) is 5.69 Å². The fraction of sp³-hybridized carbons (Fsp3) is 0.267. The van der Waals surface area contributed by atoms with E-state index in [1.54, 1.807) is 13.8 Å². The summed E-state index contributed by atoms with van der Waals surface area (Å²) in [5.74, 6) is -0.844. The summed E-state index contributed by atoms with van der Waals surface area (Å²) in [5, 5.41) is 20.7. The summed E-state index contributed by atoms with van der Waals surface area (Å²) >= 11 is 2.79. The van der Waals surface area contributed by atoms with Gasteiger partial charge in [-0.1, -0.05) is 78.5 Å². The van der Waals surface area contributed by atoms with Crippen LogP contribution in [0, 0.1) is 0 Å². The second-order valence-corrected chi connectivity index (χ2v) is 12.1. The normalized spacial score (nSPS) is 11.4. The second-order valence-electron chi connectivity index (χ2n) is 9.40. The molecule has 0 atom stereocenters. The Balaban J connectivity index is 1.49. The molecule has 0 amide bonds. The highest BCUT2D eigenvalue weighted by Gasteiger charge is 2.29. The molecule has 37 heavy (non-hydrogen) atoms. The summed E-state index contributed by atoms with van der Waals surface area (Å²) < 4.78 is -0.137. The molecule has 0 spiro atoms. The monoisotopic (exact) mass is 532 g/mol. The van der Waals surface area contributed by atoms with Crippen LogP contribution in [0.5, 0.6) is 0 Å². The summed E-state index contributed by atoms with van der Waals surface area (Å²) in [6.07, 6.45) is 1.40. The molecule has 3 aromatic carbocycles. The number of carbonyl (C=O) groups is 1. The summed E-state index contributed by atoms with van der Waals surface area (Å²) in [6, 6.07) is 27.4. The number of rotatable bonds is 12. The first kappa shape index (κ1) is 26.9. The maximum Gasteiger partial charge on any atom is 0.319 e. The zero-order valence-electron chi connectivity index (χ0n) is 21.1. The van der Waals surface area contributed by atoms with Gasteiger partial charge in [-0.3, -0.25) is 4.79 Å². The first-order valence-corrected chi connectivity index (χ1v) is 14.0. The van der Waals surface area contributed by atoms with Crippen molar-refractivity contribution in [1.29, 1.82) is 0 Å². The van der Waals surface area contributed by atoms with Gasteiger partial charge >= 0.3 is 5.97 Å². The maximum atomic E-state index is 11.5. The molecule has 0 saturated carbocycles. The molecule has 0 aliphatic heterocycles. The standard InChI is InChI=1S/C30H32N2O3S2/c1-30(2,28(34)35)37-29-31-26(21-36-29)16-18-32(27-14-10-22(11-15-27)17-19-33)20-23-8-12-25(13-9-23)24-6-4-3-5-7-24/h3-15,21,33H,16-20H2,1-2H3,(H,34,35). The number of aliphatic carboxylic acids is 1. The Kier molecular flexibility index (Phi) is 9.03. The van der Waals surface area contributed by atoms with Crippen molar-refractivity contribution in [2.75, 3.05) is 18.1 Å². The van der Waals surface area contributed by atoms with E-state index in [0.717, 1.165) is 40.8 Å². The molecule has 4 rings (SSSR count). The fourth-order valence-electron chi connectivity index (χ4n) is 3.92. The van der Waals surface area contributed by atoms with E-state index >= 15 is 0 Å². The zero-order valence-corrected chi connectivity index (χ0v) is 22.8. The molecule has 0 fully saturated rings. The third-order valence-corrected chi connectivity index (χ3v) is 8.33. The summed E-state index contributed by atoms with van der Waals surface area (Å²) in [4.78, 5) is 18.5. The molecule has 0 bridgehead atoms. The van der Waals surface area contributed by atoms with Gasteiger partial charge < -0.3 is 15.1 Å². The minimum absolute atomic E-state index is 0.139. The zero-order chi connectivity index (χ0) is 26.3. The van der Waals surface area contributed by atoms with E-state index in [0.29, 0.717) is 6.42 Å². The minimum Gasteiger partial charge on any atom is -0.480 e. The highest BCUT2D eigenvalue weighted by atomic mass is 32.2. The van der Waals surface area contributed by atoms with E-state index in [9.17, 15) is 15.0 Å². The van der Waals surface area contributed by atoms with Gasteiger partial charge in [0, 0.05) is 37.2 Å². The predicted octanol–water partition coefficient (Wildman–Crippen LogP) is 6.55. The SMILES string of the molecule is CC(C)(Sc1nc(CCN(Cc2ccc(-c3ccccc3)cc2)c2ccc(CCO)cc2)cs1)C(=O)O. The molecule has 7 heteroatoms. The van der Waals surface area contributed by atoms with Crippen molar-refractivity contribution in [2.24, 2.45) is 0 Å². The number of nitrogens with zero attached hydrogens (tertiary/aromatic N) is 2. The lowest BCUT2D eigenvalue weighted by Gasteiger charge is -2.25. The molecule has 0 radical (unpaired) electrons. The van der Waals surface area contributed by atoms with Crippen molar-refractivity contribution in [3.63, 3.8) is 0 Å². The van der Waals surface area contributed by atoms with Crippen LogP contribution in [0.25, 0.3) is 11.1 Å². The number of carboxylic acids is 1. The number of anilines is 1. The number of aliphatic hydroxyl groups is 1. The largest absolute Gasteiger partial charge is 0.480 e. The number of aromatic nitrogens is 1. The van der Waals surface area contributed by atoms with Gasteiger partial charge in [0.2, 0.25) is 0 Å². The number of carboxylic acid groups (broad SMARTS) is 1. The van der Waals surface area contributed by atoms with E-state index < -0.39 is 10.7 Å². The van der Waals surface area contributed by atoms with Crippen LogP contribution in [0.1, 0.15) is 30.7 Å². The quantitative estimate of drug-likeness (QED) is 0.202. The van der Waals surface area contributed by atoms with Crippen LogP contribution in [0.2, 0.25) is 0 Å². The van der Waals surface area contributed by atoms with Crippen molar-refractivity contribution in [3.8, 4) is 11.1 Å². The third-order valence-electron chi connectivity index (χ3n) is 6.16. The maximum absolute atomic E-state index is 11.5. The van der Waals surface area contributed by atoms with Crippen LogP contribution >= 0.6 is 23.1 Å². The Hall–Kier alpha value is -3.13. The highest BCUT2D eigenvalue weighted by molar-refractivity contribution is 8.03. The van der Waals surface area contributed by atoms with Gasteiger partial charge in [0.05, 0.1) is 5.69 Å². The average Bonchev–Trinajstić information content (AvgIpc) is 3.34. The molecule has 2 N–H and O–H groups in total. The van der Waals surface area contributed by atoms with Crippen LogP contribution in [0.3, 0.4) is 0 Å². The van der Waals surface area contributed by atoms with E-state index in [1.807, 2.05) is 11.4 Å². The Labute approximate surface area is 226 Å². The first-order chi connectivity index (χ1) is 17.8. The first-order valence-electron chi connectivity index (χ1n) is 12.3. The summed E-state index contributed by atoms with van der Waals surface area (Å²) in [5.41, 5.74) is 6.81. The third kappa shape index (κ3) is 7.44. The Bertz CT molecular complexity index is 1290. The summed E-state index contributed by atoms with van der Waals surface area (Å²) in [6.45, 7) is 5.07. The molecular weight excluding hydrogens is 500 g/mol. The lowest BCUT2D eigenvalue weighted by Crippen LogP contribution is -2.27. The number of aliphatic hydroxyl groups excluding tert-OH is 1. The Morgan fingerprint density at radius 1 is 0.919 bits per heavy atom. The van der Waals surface area contributed by atoms with Crippen LogP contribution in [-0.2, 0) is 24.2 Å². The number of benzene rings is 3. The molecule has 192 valence electrons. The van der Waals surface area contributed by atoms with Crippen molar-refractivity contribution in [2.45, 2.75) is 42.3 Å². The fourth-order valence-corrected chi connectivity index (χ4v) is 6.14. The minimum atomic E-state index is -0.913. The van der Waals surface area contributed by atoms with Crippen molar-refractivity contribution in [1.82, 2.24) is 4.98 Å². The van der Waals surface area contributed by atoms with E-state index in [2.05, 4.69) is 77.7 Å². The van der Waals surface area contributed by atoms with Gasteiger partial charge in [-0.05, 0) is 54.7 Å². The summed E-state index contributed by atoms with van der Waals surface area (Å²) in [7, 11) is 0. The molecule has 0 unspecified atom stereocenters. The molecular formula is C30H32N2O3S2. The number of thioether (sulfide) groups is 1. The van der Waals surface area contributed by atoms with Gasteiger partial charge in [-0.2, -0.15) is 0 Å². The van der Waals surface area contributed by atoms with E-state index in [-0.39, 0.29) is 6.61 Å². The predicted molar refractivity (Wildman–Crippen MR) is 154 cm³/mol. The number of hydrogen-bond acceptors (Lipinski definition) is 6. The lowest BCUT2D eigenvalue weighted by atomic mass is 10.0. The molecule has 0 saturated heterocycles. The van der Waals surface area contributed by atoms with Crippen LogP contribution in [-0.4, -0.2) is 39.1 Å². The van der Waals surface area contributed by atoms with Gasteiger partial charge in [0.15, 0.2) is 4.34 Å². The van der Waals surface area contributed by atoms with Crippen molar-refractivity contribution >= 4 is 34.8 Å². The van der Waals surface area contributed by atoms with Gasteiger partial charge in [-0.15, -0.1) is 11.3 Å².